The number of esters is 1. The van der Waals surface area contributed by atoms with Gasteiger partial charge < -0.3 is 20.7 Å². The number of carbonyl (C=O) groups excluding carboxylic acids is 3. The Kier molecular flexibility index (Phi) is 6.73. The second-order valence-corrected chi connectivity index (χ2v) is 4.20. The van der Waals surface area contributed by atoms with Gasteiger partial charge in [-0.15, -0.1) is 0 Å². The highest BCUT2D eigenvalue weighted by Crippen LogP contribution is 2.14. The fourth-order valence-corrected chi connectivity index (χ4v) is 1.56. The van der Waals surface area contributed by atoms with Gasteiger partial charge in [-0.1, -0.05) is 6.07 Å². The van der Waals surface area contributed by atoms with Gasteiger partial charge in [-0.05, 0) is 25.1 Å². The zero-order chi connectivity index (χ0) is 15.7. The van der Waals surface area contributed by atoms with E-state index in [0.29, 0.717) is 18.0 Å². The first kappa shape index (κ1) is 16.5. The maximum Gasteiger partial charge on any atom is 0.319 e. The molecule has 7 heteroatoms. The molecule has 0 atom stereocenters. The van der Waals surface area contributed by atoms with E-state index in [9.17, 15) is 14.4 Å². The fourth-order valence-electron chi connectivity index (χ4n) is 1.56. The van der Waals surface area contributed by atoms with Crippen LogP contribution in [0.1, 0.15) is 20.3 Å². The van der Waals surface area contributed by atoms with Crippen molar-refractivity contribution in [3.8, 4) is 0 Å². The molecular weight excluding hydrogens is 274 g/mol. The van der Waals surface area contributed by atoms with Crippen molar-refractivity contribution in [2.45, 2.75) is 20.3 Å². The van der Waals surface area contributed by atoms with Crippen molar-refractivity contribution in [3.63, 3.8) is 0 Å². The molecule has 0 aliphatic heterocycles. The SMILES string of the molecule is CCOC(=O)CCNC(=O)Nc1cccc(NC(C)=O)c1. The number of hydrogen-bond donors (Lipinski definition) is 3. The standard InChI is InChI=1S/C14H19N3O4/c1-3-21-13(19)7-8-15-14(20)17-12-6-4-5-11(9-12)16-10(2)18/h4-6,9H,3,7-8H2,1-2H3,(H,16,18)(H2,15,17,20). The summed E-state index contributed by atoms with van der Waals surface area (Å²) in [6.45, 7) is 3.64. The number of rotatable bonds is 6. The van der Waals surface area contributed by atoms with Crippen LogP contribution >= 0.6 is 0 Å². The summed E-state index contributed by atoms with van der Waals surface area (Å²) < 4.78 is 4.74. The summed E-state index contributed by atoms with van der Waals surface area (Å²) in [5.74, 6) is -0.545. The molecule has 0 spiro atoms. The zero-order valence-corrected chi connectivity index (χ0v) is 12.1. The van der Waals surface area contributed by atoms with E-state index in [-0.39, 0.29) is 24.8 Å². The molecule has 3 N–H and O–H groups in total. The average molecular weight is 293 g/mol. The summed E-state index contributed by atoms with van der Waals surface area (Å²) >= 11 is 0. The van der Waals surface area contributed by atoms with Crippen molar-refractivity contribution < 1.29 is 19.1 Å². The molecule has 21 heavy (non-hydrogen) atoms. The molecule has 0 aliphatic rings. The van der Waals surface area contributed by atoms with Gasteiger partial charge >= 0.3 is 12.0 Å². The van der Waals surface area contributed by atoms with E-state index in [1.54, 1.807) is 31.2 Å². The third-order valence-corrected chi connectivity index (χ3v) is 2.36. The molecule has 0 saturated heterocycles. The Labute approximate surface area is 123 Å². The Hall–Kier alpha value is -2.57. The highest BCUT2D eigenvalue weighted by molar-refractivity contribution is 5.92. The number of nitrogens with one attached hydrogen (secondary N) is 3. The third-order valence-electron chi connectivity index (χ3n) is 2.36. The van der Waals surface area contributed by atoms with Crippen LogP contribution in [0.15, 0.2) is 24.3 Å². The topological polar surface area (TPSA) is 96.5 Å². The van der Waals surface area contributed by atoms with Gasteiger partial charge in [0.1, 0.15) is 0 Å². The van der Waals surface area contributed by atoms with E-state index in [4.69, 9.17) is 4.74 Å². The van der Waals surface area contributed by atoms with E-state index in [2.05, 4.69) is 16.0 Å². The highest BCUT2D eigenvalue weighted by Gasteiger charge is 2.05. The van der Waals surface area contributed by atoms with Gasteiger partial charge in [0.25, 0.3) is 0 Å². The lowest BCUT2D eigenvalue weighted by molar-refractivity contribution is -0.142. The molecule has 114 valence electrons. The van der Waals surface area contributed by atoms with Crippen LogP contribution in [0.25, 0.3) is 0 Å². The molecule has 0 fully saturated rings. The molecule has 1 aromatic rings. The fraction of sp³-hybridized carbons (Fsp3) is 0.357. The van der Waals surface area contributed by atoms with Crippen LogP contribution < -0.4 is 16.0 Å². The molecule has 0 heterocycles. The molecule has 0 saturated carbocycles. The highest BCUT2D eigenvalue weighted by atomic mass is 16.5. The zero-order valence-electron chi connectivity index (χ0n) is 12.1. The number of benzene rings is 1. The van der Waals surface area contributed by atoms with Crippen LogP contribution in [0.5, 0.6) is 0 Å². The van der Waals surface area contributed by atoms with Gasteiger partial charge in [0.15, 0.2) is 0 Å². The largest absolute Gasteiger partial charge is 0.466 e. The minimum Gasteiger partial charge on any atom is -0.466 e. The number of ether oxygens (including phenoxy) is 1. The number of carbonyl (C=O) groups is 3. The van der Waals surface area contributed by atoms with E-state index in [0.717, 1.165) is 0 Å². The third kappa shape index (κ3) is 6.95. The molecule has 0 radical (unpaired) electrons. The Bertz CT molecular complexity index is 517. The first-order chi connectivity index (χ1) is 10.0. The Morgan fingerprint density at radius 1 is 1.14 bits per heavy atom. The number of anilines is 2. The van der Waals surface area contributed by atoms with Crippen LogP contribution in [0.3, 0.4) is 0 Å². The van der Waals surface area contributed by atoms with Crippen molar-refractivity contribution in [2.75, 3.05) is 23.8 Å². The summed E-state index contributed by atoms with van der Waals surface area (Å²) in [6.07, 6.45) is 0.118. The monoisotopic (exact) mass is 293 g/mol. The summed E-state index contributed by atoms with van der Waals surface area (Å²) in [4.78, 5) is 33.7. The van der Waals surface area contributed by atoms with Gasteiger partial charge in [0.2, 0.25) is 5.91 Å². The van der Waals surface area contributed by atoms with Crippen LogP contribution in [0.4, 0.5) is 16.2 Å². The predicted octanol–water partition coefficient (Wildman–Crippen LogP) is 1.72. The summed E-state index contributed by atoms with van der Waals surface area (Å²) in [5.41, 5.74) is 1.13. The quantitative estimate of drug-likeness (QED) is 0.696. The molecular formula is C14H19N3O4. The van der Waals surface area contributed by atoms with Crippen molar-refractivity contribution in [1.82, 2.24) is 5.32 Å². The van der Waals surface area contributed by atoms with Crippen LogP contribution in [0, 0.1) is 0 Å². The van der Waals surface area contributed by atoms with E-state index < -0.39 is 6.03 Å². The smallest absolute Gasteiger partial charge is 0.319 e. The van der Waals surface area contributed by atoms with E-state index in [1.807, 2.05) is 0 Å². The molecule has 7 nitrogen and oxygen atoms in total. The Morgan fingerprint density at radius 3 is 2.43 bits per heavy atom. The maximum absolute atomic E-state index is 11.6. The Balaban J connectivity index is 2.40. The molecule has 0 aromatic heterocycles. The average Bonchev–Trinajstić information content (AvgIpc) is 2.38. The van der Waals surface area contributed by atoms with Gasteiger partial charge in [-0.25, -0.2) is 4.79 Å². The predicted molar refractivity (Wildman–Crippen MR) is 79.0 cm³/mol. The first-order valence-corrected chi connectivity index (χ1v) is 6.59. The van der Waals surface area contributed by atoms with Gasteiger partial charge in [-0.2, -0.15) is 0 Å². The second-order valence-electron chi connectivity index (χ2n) is 4.20. The van der Waals surface area contributed by atoms with Crippen molar-refractivity contribution >= 4 is 29.3 Å². The number of urea groups is 1. The minimum atomic E-state index is -0.431. The van der Waals surface area contributed by atoms with Gasteiger partial charge in [-0.3, -0.25) is 9.59 Å². The number of hydrogen-bond acceptors (Lipinski definition) is 4. The first-order valence-electron chi connectivity index (χ1n) is 6.59. The lowest BCUT2D eigenvalue weighted by atomic mass is 10.2. The number of amides is 3. The summed E-state index contributed by atoms with van der Waals surface area (Å²) in [5, 5.41) is 7.77. The lowest BCUT2D eigenvalue weighted by Crippen LogP contribution is -2.30. The summed E-state index contributed by atoms with van der Waals surface area (Å²) in [6, 6.07) is 6.31. The molecule has 0 aliphatic carbocycles. The maximum atomic E-state index is 11.6. The van der Waals surface area contributed by atoms with Crippen molar-refractivity contribution in [1.29, 1.82) is 0 Å². The van der Waals surface area contributed by atoms with Gasteiger partial charge in [0, 0.05) is 24.8 Å². The van der Waals surface area contributed by atoms with Crippen molar-refractivity contribution in [2.24, 2.45) is 0 Å². The second kappa shape index (κ2) is 8.57. The Morgan fingerprint density at radius 2 is 1.81 bits per heavy atom. The molecule has 1 rings (SSSR count). The molecule has 1 aromatic carbocycles. The van der Waals surface area contributed by atoms with Crippen LogP contribution in [-0.4, -0.2) is 31.1 Å². The lowest BCUT2D eigenvalue weighted by Gasteiger charge is -2.09. The van der Waals surface area contributed by atoms with Crippen LogP contribution in [-0.2, 0) is 14.3 Å². The van der Waals surface area contributed by atoms with Gasteiger partial charge in [0.05, 0.1) is 13.0 Å². The molecule has 0 bridgehead atoms. The van der Waals surface area contributed by atoms with E-state index in [1.165, 1.54) is 6.92 Å². The normalized spacial score (nSPS) is 9.62. The summed E-state index contributed by atoms with van der Waals surface area (Å²) in [7, 11) is 0. The van der Waals surface area contributed by atoms with Crippen LogP contribution in [0.2, 0.25) is 0 Å². The minimum absolute atomic E-state index is 0.118. The molecule has 0 unspecified atom stereocenters. The van der Waals surface area contributed by atoms with Crippen molar-refractivity contribution in [3.05, 3.63) is 24.3 Å². The van der Waals surface area contributed by atoms with E-state index >= 15 is 0 Å². The molecule has 3 amide bonds.